The summed E-state index contributed by atoms with van der Waals surface area (Å²) in [5, 5.41) is 5.08. The molecule has 1 atom stereocenters. The number of hydrogen-bond acceptors (Lipinski definition) is 2. The van der Waals surface area contributed by atoms with Crippen LogP contribution in [-0.4, -0.2) is 21.4 Å². The highest BCUT2D eigenvalue weighted by Crippen LogP contribution is 2.16. The van der Waals surface area contributed by atoms with E-state index in [1.165, 1.54) is 0 Å². The number of primary sulfonamides is 1. The first kappa shape index (κ1) is 11.1. The van der Waals surface area contributed by atoms with Crippen molar-refractivity contribution in [3.05, 3.63) is 0 Å². The standard InChI is InChI=1S/C6H17NO2SSi/c1-5-6(10(7,8)9)11(2,3)4/h6H,5H2,1-4H3,(H2,7,8,9). The first-order valence-corrected chi connectivity index (χ1v) is 8.90. The van der Waals surface area contributed by atoms with Crippen molar-refractivity contribution in [2.75, 3.05) is 0 Å². The van der Waals surface area contributed by atoms with Crippen LogP contribution in [0.3, 0.4) is 0 Å². The second-order valence-electron chi connectivity index (χ2n) is 3.85. The molecule has 0 aromatic rings. The minimum absolute atomic E-state index is 0.296. The largest absolute Gasteiger partial charge is 0.229 e. The van der Waals surface area contributed by atoms with Gasteiger partial charge >= 0.3 is 0 Å². The van der Waals surface area contributed by atoms with Crippen LogP contribution >= 0.6 is 0 Å². The van der Waals surface area contributed by atoms with E-state index in [9.17, 15) is 8.42 Å². The molecule has 0 radical (unpaired) electrons. The summed E-state index contributed by atoms with van der Waals surface area (Å²) in [6.45, 7) is 7.93. The average molecular weight is 195 g/mol. The zero-order chi connectivity index (χ0) is 9.28. The van der Waals surface area contributed by atoms with Gasteiger partial charge in [0.2, 0.25) is 10.0 Å². The van der Waals surface area contributed by atoms with Crippen LogP contribution in [-0.2, 0) is 10.0 Å². The van der Waals surface area contributed by atoms with Crippen molar-refractivity contribution in [1.82, 2.24) is 0 Å². The first-order chi connectivity index (χ1) is 4.69. The Morgan fingerprint density at radius 3 is 1.73 bits per heavy atom. The minimum Gasteiger partial charge on any atom is -0.229 e. The van der Waals surface area contributed by atoms with Gasteiger partial charge in [-0.2, -0.15) is 0 Å². The number of hydrogen-bond donors (Lipinski definition) is 1. The van der Waals surface area contributed by atoms with Crippen LogP contribution < -0.4 is 5.14 Å². The molecule has 0 aliphatic carbocycles. The molecule has 0 bridgehead atoms. The van der Waals surface area contributed by atoms with Crippen molar-refractivity contribution in [3.63, 3.8) is 0 Å². The summed E-state index contributed by atoms with van der Waals surface area (Å²) in [7, 11) is -4.95. The molecule has 2 N–H and O–H groups in total. The Bertz CT molecular complexity index is 217. The molecule has 0 amide bonds. The molecule has 0 fully saturated rings. The lowest BCUT2D eigenvalue weighted by Gasteiger charge is -2.25. The van der Waals surface area contributed by atoms with E-state index in [1.54, 1.807) is 0 Å². The van der Waals surface area contributed by atoms with Crippen LogP contribution in [0.1, 0.15) is 13.3 Å². The summed E-state index contributed by atoms with van der Waals surface area (Å²) in [6.07, 6.45) is 0.633. The summed E-state index contributed by atoms with van der Waals surface area (Å²) >= 11 is 0. The molecule has 0 aliphatic heterocycles. The van der Waals surface area contributed by atoms with Crippen LogP contribution in [0.4, 0.5) is 0 Å². The molecule has 0 aliphatic rings. The average Bonchev–Trinajstić information content (AvgIpc) is 1.56. The molecule has 0 aromatic carbocycles. The Hall–Kier alpha value is 0.127. The van der Waals surface area contributed by atoms with E-state index in [1.807, 2.05) is 26.6 Å². The van der Waals surface area contributed by atoms with Crippen molar-refractivity contribution in [2.45, 2.75) is 37.9 Å². The third kappa shape index (κ3) is 3.35. The molecular weight excluding hydrogens is 178 g/mol. The molecule has 0 aromatic heterocycles. The second-order valence-corrected chi connectivity index (χ2v) is 11.4. The lowest BCUT2D eigenvalue weighted by atomic mass is 10.6. The van der Waals surface area contributed by atoms with Gasteiger partial charge in [0.1, 0.15) is 0 Å². The Balaban J connectivity index is 4.72. The molecule has 3 nitrogen and oxygen atoms in total. The Morgan fingerprint density at radius 2 is 1.73 bits per heavy atom. The number of sulfonamides is 1. The maximum absolute atomic E-state index is 11.0. The van der Waals surface area contributed by atoms with Crippen LogP contribution in [0, 0.1) is 0 Å². The smallest absolute Gasteiger partial charge is 0.209 e. The first-order valence-electron chi connectivity index (χ1n) is 3.71. The molecule has 0 spiro atoms. The molecule has 0 heterocycles. The van der Waals surface area contributed by atoms with Crippen molar-refractivity contribution >= 4 is 18.1 Å². The van der Waals surface area contributed by atoms with E-state index in [4.69, 9.17) is 5.14 Å². The lowest BCUT2D eigenvalue weighted by molar-refractivity contribution is 0.591. The van der Waals surface area contributed by atoms with Gasteiger partial charge in [-0.25, -0.2) is 13.6 Å². The Kier molecular flexibility index (Phi) is 3.28. The zero-order valence-corrected chi connectivity index (χ0v) is 9.40. The fourth-order valence-corrected chi connectivity index (χ4v) is 6.97. The normalized spacial score (nSPS) is 16.5. The van der Waals surface area contributed by atoms with Gasteiger partial charge in [-0.05, 0) is 6.42 Å². The van der Waals surface area contributed by atoms with E-state index in [-0.39, 0.29) is 4.87 Å². The molecular formula is C6H17NO2SSi. The van der Waals surface area contributed by atoms with Gasteiger partial charge in [-0.1, -0.05) is 26.6 Å². The van der Waals surface area contributed by atoms with Crippen LogP contribution in [0.25, 0.3) is 0 Å². The summed E-state index contributed by atoms with van der Waals surface area (Å²) in [6, 6.07) is 0. The quantitative estimate of drug-likeness (QED) is 0.681. The second kappa shape index (κ2) is 3.24. The number of nitrogens with two attached hydrogens (primary N) is 1. The molecule has 11 heavy (non-hydrogen) atoms. The fraction of sp³-hybridized carbons (Fsp3) is 1.00. The van der Waals surface area contributed by atoms with Gasteiger partial charge in [0.15, 0.2) is 0 Å². The molecule has 0 rings (SSSR count). The highest BCUT2D eigenvalue weighted by atomic mass is 32.2. The van der Waals surface area contributed by atoms with Gasteiger partial charge in [0.25, 0.3) is 0 Å². The van der Waals surface area contributed by atoms with Crippen molar-refractivity contribution in [3.8, 4) is 0 Å². The van der Waals surface area contributed by atoms with Crippen molar-refractivity contribution < 1.29 is 8.42 Å². The van der Waals surface area contributed by atoms with Crippen molar-refractivity contribution in [2.24, 2.45) is 5.14 Å². The Labute approximate surface area is 70.0 Å². The maximum atomic E-state index is 11.0. The molecule has 5 heteroatoms. The predicted molar refractivity (Wildman–Crippen MR) is 50.5 cm³/mol. The zero-order valence-electron chi connectivity index (χ0n) is 7.59. The molecule has 68 valence electrons. The summed E-state index contributed by atoms with van der Waals surface area (Å²) in [5.41, 5.74) is 0. The molecule has 0 saturated heterocycles. The summed E-state index contributed by atoms with van der Waals surface area (Å²) in [5.74, 6) is 0. The van der Waals surface area contributed by atoms with Gasteiger partial charge in [-0.3, -0.25) is 0 Å². The summed E-state index contributed by atoms with van der Waals surface area (Å²) in [4.78, 5) is -0.296. The van der Waals surface area contributed by atoms with Crippen LogP contribution in [0.15, 0.2) is 0 Å². The monoisotopic (exact) mass is 195 g/mol. The third-order valence-electron chi connectivity index (χ3n) is 1.73. The van der Waals surface area contributed by atoms with E-state index >= 15 is 0 Å². The predicted octanol–water partition coefficient (Wildman–Crippen LogP) is 0.931. The van der Waals surface area contributed by atoms with E-state index < -0.39 is 18.1 Å². The minimum atomic E-state index is -3.31. The van der Waals surface area contributed by atoms with E-state index in [0.717, 1.165) is 0 Å². The Morgan fingerprint density at radius 1 is 1.36 bits per heavy atom. The fourth-order valence-electron chi connectivity index (χ4n) is 1.34. The topological polar surface area (TPSA) is 60.2 Å². The van der Waals surface area contributed by atoms with Gasteiger partial charge in [0, 0.05) is 0 Å². The summed E-state index contributed by atoms with van der Waals surface area (Å²) < 4.78 is 22.0. The van der Waals surface area contributed by atoms with Crippen LogP contribution in [0.2, 0.25) is 19.6 Å². The number of rotatable bonds is 3. The van der Waals surface area contributed by atoms with Crippen molar-refractivity contribution in [1.29, 1.82) is 0 Å². The highest BCUT2D eigenvalue weighted by Gasteiger charge is 2.33. The maximum Gasteiger partial charge on any atom is 0.209 e. The van der Waals surface area contributed by atoms with Crippen LogP contribution in [0.5, 0.6) is 0 Å². The van der Waals surface area contributed by atoms with Gasteiger partial charge in [0.05, 0.1) is 12.9 Å². The van der Waals surface area contributed by atoms with E-state index in [0.29, 0.717) is 6.42 Å². The lowest BCUT2D eigenvalue weighted by Crippen LogP contribution is -2.46. The van der Waals surface area contributed by atoms with Gasteiger partial charge in [-0.15, -0.1) is 0 Å². The van der Waals surface area contributed by atoms with Gasteiger partial charge < -0.3 is 0 Å². The molecule has 0 saturated carbocycles. The molecule has 1 unspecified atom stereocenters. The SMILES string of the molecule is CCC([Si](C)(C)C)S(N)(=O)=O. The highest BCUT2D eigenvalue weighted by molar-refractivity contribution is 7.91. The third-order valence-corrected chi connectivity index (χ3v) is 8.31. The van der Waals surface area contributed by atoms with E-state index in [2.05, 4.69) is 0 Å².